The van der Waals surface area contributed by atoms with Gasteiger partial charge in [-0.1, -0.05) is 69.4 Å². The molecule has 0 bridgehead atoms. The summed E-state index contributed by atoms with van der Waals surface area (Å²) in [4.78, 5) is 10.9. The molecule has 0 amide bonds. The van der Waals surface area contributed by atoms with E-state index in [1.165, 1.54) is 25.7 Å². The summed E-state index contributed by atoms with van der Waals surface area (Å²) in [5.74, 6) is -0.525. The van der Waals surface area contributed by atoms with E-state index in [9.17, 15) is 4.79 Å². The van der Waals surface area contributed by atoms with Crippen molar-refractivity contribution in [3.8, 4) is 0 Å². The van der Waals surface area contributed by atoms with Gasteiger partial charge in [0, 0.05) is 0 Å². The van der Waals surface area contributed by atoms with E-state index in [0.29, 0.717) is 0 Å². The summed E-state index contributed by atoms with van der Waals surface area (Å²) in [5.41, 5.74) is 1.16. The zero-order chi connectivity index (χ0) is 13.2. The maximum atomic E-state index is 10.9. The minimum atomic E-state index is -0.697. The molecule has 1 aromatic carbocycles. The van der Waals surface area contributed by atoms with Gasteiger partial charge in [-0.25, -0.2) is 0 Å². The second kappa shape index (κ2) is 8.73. The Balaban J connectivity index is 2.44. The number of hydrogen-bond donors (Lipinski definition) is 1. The molecule has 0 aliphatic carbocycles. The molecule has 18 heavy (non-hydrogen) atoms. The van der Waals surface area contributed by atoms with Crippen molar-refractivity contribution in [2.45, 2.75) is 57.8 Å². The maximum absolute atomic E-state index is 10.9. The Kier molecular flexibility index (Phi) is 7.16. The van der Waals surface area contributed by atoms with Gasteiger partial charge in [-0.2, -0.15) is 0 Å². The molecule has 0 fully saturated rings. The highest BCUT2D eigenvalue weighted by atomic mass is 16.4. The van der Waals surface area contributed by atoms with E-state index in [4.69, 9.17) is 5.11 Å². The van der Waals surface area contributed by atoms with Gasteiger partial charge >= 0.3 is 5.97 Å². The van der Waals surface area contributed by atoms with E-state index < -0.39 is 5.97 Å². The average molecular weight is 248 g/mol. The van der Waals surface area contributed by atoms with Crippen LogP contribution in [-0.2, 0) is 4.79 Å². The SMILES string of the molecule is CCCCCCCC(CC(=O)O)c1ccccc1. The lowest BCUT2D eigenvalue weighted by atomic mass is 9.90. The van der Waals surface area contributed by atoms with Crippen molar-refractivity contribution in [1.82, 2.24) is 0 Å². The molecule has 2 heteroatoms. The smallest absolute Gasteiger partial charge is 0.303 e. The first-order chi connectivity index (χ1) is 8.74. The molecule has 1 atom stereocenters. The van der Waals surface area contributed by atoms with Crippen molar-refractivity contribution in [2.75, 3.05) is 0 Å². The first-order valence-electron chi connectivity index (χ1n) is 7.00. The molecular weight excluding hydrogens is 224 g/mol. The number of carboxylic acids is 1. The Morgan fingerprint density at radius 3 is 2.39 bits per heavy atom. The van der Waals surface area contributed by atoms with Crippen LogP contribution in [-0.4, -0.2) is 11.1 Å². The van der Waals surface area contributed by atoms with E-state index in [1.807, 2.05) is 30.3 Å². The van der Waals surface area contributed by atoms with E-state index in [2.05, 4.69) is 6.92 Å². The van der Waals surface area contributed by atoms with Crippen molar-refractivity contribution in [1.29, 1.82) is 0 Å². The molecule has 1 N–H and O–H groups in total. The molecule has 0 spiro atoms. The molecule has 2 nitrogen and oxygen atoms in total. The van der Waals surface area contributed by atoms with Crippen molar-refractivity contribution < 1.29 is 9.90 Å². The van der Waals surface area contributed by atoms with Crippen LogP contribution >= 0.6 is 0 Å². The highest BCUT2D eigenvalue weighted by Crippen LogP contribution is 2.26. The third kappa shape index (κ3) is 5.85. The Morgan fingerprint density at radius 2 is 1.78 bits per heavy atom. The molecule has 0 radical (unpaired) electrons. The van der Waals surface area contributed by atoms with Gasteiger partial charge in [-0.05, 0) is 17.9 Å². The van der Waals surface area contributed by atoms with Gasteiger partial charge in [0.15, 0.2) is 0 Å². The number of benzene rings is 1. The third-order valence-corrected chi connectivity index (χ3v) is 3.35. The van der Waals surface area contributed by atoms with Crippen LogP contribution in [0, 0.1) is 0 Å². The summed E-state index contributed by atoms with van der Waals surface area (Å²) >= 11 is 0. The van der Waals surface area contributed by atoms with Gasteiger partial charge in [0.25, 0.3) is 0 Å². The van der Waals surface area contributed by atoms with Gasteiger partial charge in [0.05, 0.1) is 6.42 Å². The van der Waals surface area contributed by atoms with Gasteiger partial charge in [0.1, 0.15) is 0 Å². The quantitative estimate of drug-likeness (QED) is 0.648. The third-order valence-electron chi connectivity index (χ3n) is 3.35. The lowest BCUT2D eigenvalue weighted by molar-refractivity contribution is -0.137. The van der Waals surface area contributed by atoms with Crippen LogP contribution < -0.4 is 0 Å². The van der Waals surface area contributed by atoms with Crippen LogP contribution in [0.15, 0.2) is 30.3 Å². The van der Waals surface area contributed by atoms with Crippen molar-refractivity contribution in [2.24, 2.45) is 0 Å². The maximum Gasteiger partial charge on any atom is 0.303 e. The Labute approximate surface area is 110 Å². The second-order valence-corrected chi connectivity index (χ2v) is 4.91. The van der Waals surface area contributed by atoms with E-state index in [0.717, 1.165) is 18.4 Å². The zero-order valence-electron chi connectivity index (χ0n) is 11.3. The molecule has 0 aliphatic rings. The lowest BCUT2D eigenvalue weighted by Gasteiger charge is -2.15. The molecule has 0 saturated heterocycles. The normalized spacial score (nSPS) is 12.3. The number of carbonyl (C=O) groups is 1. The van der Waals surface area contributed by atoms with Gasteiger partial charge < -0.3 is 5.11 Å². The van der Waals surface area contributed by atoms with Crippen molar-refractivity contribution in [3.05, 3.63) is 35.9 Å². The van der Waals surface area contributed by atoms with Crippen molar-refractivity contribution in [3.63, 3.8) is 0 Å². The van der Waals surface area contributed by atoms with Crippen LogP contribution in [0.2, 0.25) is 0 Å². The number of carboxylic acid groups (broad SMARTS) is 1. The van der Waals surface area contributed by atoms with Crippen LogP contribution in [0.1, 0.15) is 63.4 Å². The largest absolute Gasteiger partial charge is 0.481 e. The molecule has 0 aromatic heterocycles. The molecule has 1 unspecified atom stereocenters. The molecule has 100 valence electrons. The molecule has 0 aliphatic heterocycles. The lowest BCUT2D eigenvalue weighted by Crippen LogP contribution is -2.06. The topological polar surface area (TPSA) is 37.3 Å². The monoisotopic (exact) mass is 248 g/mol. The number of unbranched alkanes of at least 4 members (excludes halogenated alkanes) is 4. The van der Waals surface area contributed by atoms with E-state index >= 15 is 0 Å². The van der Waals surface area contributed by atoms with E-state index in [1.54, 1.807) is 0 Å². The average Bonchev–Trinajstić information content (AvgIpc) is 2.38. The van der Waals surface area contributed by atoms with Crippen LogP contribution in [0.25, 0.3) is 0 Å². The Bertz CT molecular complexity index is 332. The minimum absolute atomic E-state index is 0.172. The van der Waals surface area contributed by atoms with Gasteiger partial charge in [0.2, 0.25) is 0 Å². The Morgan fingerprint density at radius 1 is 1.11 bits per heavy atom. The number of hydrogen-bond acceptors (Lipinski definition) is 1. The standard InChI is InChI=1S/C16H24O2/c1-2-3-4-5-7-12-15(13-16(17)18)14-10-8-6-9-11-14/h6,8-11,15H,2-5,7,12-13H2,1H3,(H,17,18). The van der Waals surface area contributed by atoms with Crippen LogP contribution in [0.5, 0.6) is 0 Å². The summed E-state index contributed by atoms with van der Waals surface area (Å²) in [6.45, 7) is 2.21. The first-order valence-corrected chi connectivity index (χ1v) is 7.00. The Hall–Kier alpha value is -1.31. The molecule has 0 heterocycles. The molecular formula is C16H24O2. The molecule has 1 rings (SSSR count). The predicted octanol–water partition coefficient (Wildman–Crippen LogP) is 4.61. The van der Waals surface area contributed by atoms with Gasteiger partial charge in [-0.3, -0.25) is 4.79 Å². The summed E-state index contributed by atoms with van der Waals surface area (Å²) in [6.07, 6.45) is 7.39. The number of rotatable bonds is 9. The highest BCUT2D eigenvalue weighted by molar-refractivity contribution is 5.68. The summed E-state index contributed by atoms with van der Waals surface area (Å²) < 4.78 is 0. The van der Waals surface area contributed by atoms with E-state index in [-0.39, 0.29) is 12.3 Å². The fourth-order valence-electron chi connectivity index (χ4n) is 2.32. The molecule has 1 aromatic rings. The van der Waals surface area contributed by atoms with Gasteiger partial charge in [-0.15, -0.1) is 0 Å². The molecule has 0 saturated carbocycles. The number of aliphatic carboxylic acids is 1. The second-order valence-electron chi connectivity index (χ2n) is 4.91. The van der Waals surface area contributed by atoms with Crippen LogP contribution in [0.4, 0.5) is 0 Å². The predicted molar refractivity (Wildman–Crippen MR) is 74.8 cm³/mol. The minimum Gasteiger partial charge on any atom is -0.481 e. The zero-order valence-corrected chi connectivity index (χ0v) is 11.3. The summed E-state index contributed by atoms with van der Waals surface area (Å²) in [6, 6.07) is 10.0. The first kappa shape index (κ1) is 14.7. The van der Waals surface area contributed by atoms with Crippen molar-refractivity contribution >= 4 is 5.97 Å². The summed E-state index contributed by atoms with van der Waals surface area (Å²) in [7, 11) is 0. The summed E-state index contributed by atoms with van der Waals surface area (Å²) in [5, 5.41) is 8.99. The fourth-order valence-corrected chi connectivity index (χ4v) is 2.32. The van der Waals surface area contributed by atoms with Crippen LogP contribution in [0.3, 0.4) is 0 Å². The highest BCUT2D eigenvalue weighted by Gasteiger charge is 2.14. The fraction of sp³-hybridized carbons (Fsp3) is 0.562.